The van der Waals surface area contributed by atoms with Crippen molar-refractivity contribution in [2.45, 2.75) is 32.4 Å². The Kier molecular flexibility index (Phi) is 4.86. The highest BCUT2D eigenvalue weighted by atomic mass is 32.1. The third-order valence-electron chi connectivity index (χ3n) is 3.67. The summed E-state index contributed by atoms with van der Waals surface area (Å²) in [5, 5.41) is 22.3. The smallest absolute Gasteiger partial charge is 0.286 e. The minimum absolute atomic E-state index is 0.0924. The molecular formula is C14H15N5O5S. The zero-order chi connectivity index (χ0) is 18.0. The van der Waals surface area contributed by atoms with Gasteiger partial charge in [0, 0.05) is 18.2 Å². The van der Waals surface area contributed by atoms with Crippen LogP contribution in [0.5, 0.6) is 0 Å². The number of ether oxygens (including phenoxy) is 1. The van der Waals surface area contributed by atoms with Gasteiger partial charge in [0.25, 0.3) is 11.2 Å². The van der Waals surface area contributed by atoms with E-state index in [1.807, 2.05) is 0 Å². The van der Waals surface area contributed by atoms with E-state index < -0.39 is 16.4 Å². The van der Waals surface area contributed by atoms with Crippen molar-refractivity contribution in [3.8, 4) is 0 Å². The molecule has 0 saturated carbocycles. The highest BCUT2D eigenvalue weighted by Crippen LogP contribution is 2.31. The molecule has 10 nitrogen and oxygen atoms in total. The molecule has 3 rings (SSSR count). The lowest BCUT2D eigenvalue weighted by atomic mass is 10.2. The molecule has 0 aliphatic carbocycles. The quantitative estimate of drug-likeness (QED) is 0.626. The third-order valence-corrected chi connectivity index (χ3v) is 4.60. The van der Waals surface area contributed by atoms with Crippen LogP contribution in [-0.4, -0.2) is 32.2 Å². The molecule has 1 saturated heterocycles. The summed E-state index contributed by atoms with van der Waals surface area (Å²) in [5.41, 5.74) is -0.516. The first-order valence-electron chi connectivity index (χ1n) is 7.54. The molecule has 0 bridgehead atoms. The molecule has 1 aliphatic heterocycles. The number of pyridine rings is 1. The first kappa shape index (κ1) is 17.2. The Hall–Kier alpha value is -2.66. The highest BCUT2D eigenvalue weighted by Gasteiger charge is 2.22. The average molecular weight is 365 g/mol. The summed E-state index contributed by atoms with van der Waals surface area (Å²) < 4.78 is 6.51. The minimum Gasteiger partial charge on any atom is -0.371 e. The zero-order valence-corrected chi connectivity index (χ0v) is 14.1. The lowest BCUT2D eigenvalue weighted by molar-refractivity contribution is -0.385. The first-order chi connectivity index (χ1) is 11.9. The minimum atomic E-state index is -0.612. The molecule has 132 valence electrons. The number of nitrogens with zero attached hydrogens (tertiary/aromatic N) is 4. The van der Waals surface area contributed by atoms with Crippen molar-refractivity contribution in [3.63, 3.8) is 0 Å². The molecule has 1 unspecified atom stereocenters. The van der Waals surface area contributed by atoms with Gasteiger partial charge < -0.3 is 4.74 Å². The molecular weight excluding hydrogens is 350 g/mol. The number of hydrogen-bond donors (Lipinski definition) is 1. The second kappa shape index (κ2) is 7.07. The summed E-state index contributed by atoms with van der Waals surface area (Å²) in [6, 6.07) is 1.18. The topological polar surface area (TPSA) is 129 Å². The summed E-state index contributed by atoms with van der Waals surface area (Å²) in [7, 11) is 0. The molecule has 1 amide bonds. The number of nitrogens with one attached hydrogen (secondary N) is 1. The van der Waals surface area contributed by atoms with Crippen LogP contribution in [0.15, 0.2) is 17.1 Å². The number of hydrogen-bond acceptors (Lipinski definition) is 8. The average Bonchev–Trinajstić information content (AvgIpc) is 3.22. The molecule has 0 spiro atoms. The van der Waals surface area contributed by atoms with Gasteiger partial charge in [-0.3, -0.25) is 29.6 Å². The number of aryl methyl sites for hydroxylation is 1. The molecule has 2 aromatic rings. The van der Waals surface area contributed by atoms with Crippen molar-refractivity contribution in [2.24, 2.45) is 0 Å². The lowest BCUT2D eigenvalue weighted by Crippen LogP contribution is -2.28. The number of aromatic nitrogens is 3. The molecule has 1 N–H and O–H groups in total. The van der Waals surface area contributed by atoms with Crippen LogP contribution in [0.1, 0.15) is 29.5 Å². The van der Waals surface area contributed by atoms with Crippen molar-refractivity contribution >= 4 is 28.1 Å². The van der Waals surface area contributed by atoms with Crippen LogP contribution >= 0.6 is 11.3 Å². The summed E-state index contributed by atoms with van der Waals surface area (Å²) in [6.07, 6.45) is 2.78. The van der Waals surface area contributed by atoms with Crippen molar-refractivity contribution < 1.29 is 14.5 Å². The van der Waals surface area contributed by atoms with E-state index in [1.165, 1.54) is 24.3 Å². The lowest BCUT2D eigenvalue weighted by Gasteiger charge is -2.06. The van der Waals surface area contributed by atoms with Gasteiger partial charge in [0.05, 0.1) is 11.1 Å². The monoisotopic (exact) mass is 365 g/mol. The van der Waals surface area contributed by atoms with Crippen LogP contribution in [-0.2, 0) is 16.1 Å². The fraction of sp³-hybridized carbons (Fsp3) is 0.429. The fourth-order valence-corrected chi connectivity index (χ4v) is 3.33. The first-order valence-corrected chi connectivity index (χ1v) is 8.36. The second-order valence-electron chi connectivity index (χ2n) is 5.57. The van der Waals surface area contributed by atoms with Gasteiger partial charge in [0.1, 0.15) is 17.7 Å². The molecule has 1 atom stereocenters. The molecule has 25 heavy (non-hydrogen) atoms. The van der Waals surface area contributed by atoms with E-state index in [0.29, 0.717) is 16.7 Å². The number of carbonyl (C=O) groups excluding carboxylic acids is 1. The van der Waals surface area contributed by atoms with Crippen molar-refractivity contribution in [1.82, 2.24) is 14.8 Å². The van der Waals surface area contributed by atoms with Crippen molar-refractivity contribution in [1.29, 1.82) is 0 Å². The number of rotatable bonds is 5. The van der Waals surface area contributed by atoms with Crippen LogP contribution < -0.4 is 10.9 Å². The Bertz CT molecular complexity index is 871. The highest BCUT2D eigenvalue weighted by molar-refractivity contribution is 7.15. The standard InChI is InChI=1S/C14H15N5O5S/c1-8-5-9(19(22)23)6-18(13(8)21)7-11(20)15-14-17-16-12(25-14)10-3-2-4-24-10/h5-6,10H,2-4,7H2,1H3,(H,15,17,20). The summed E-state index contributed by atoms with van der Waals surface area (Å²) in [6.45, 7) is 1.79. The molecule has 11 heteroatoms. The van der Waals surface area contributed by atoms with E-state index >= 15 is 0 Å². The van der Waals surface area contributed by atoms with Gasteiger partial charge in [-0.15, -0.1) is 10.2 Å². The Balaban J connectivity index is 1.70. The van der Waals surface area contributed by atoms with Gasteiger partial charge >= 0.3 is 0 Å². The maximum Gasteiger partial charge on any atom is 0.286 e. The van der Waals surface area contributed by atoms with E-state index in [-0.39, 0.29) is 23.9 Å². The Labute approximate surface area is 145 Å². The van der Waals surface area contributed by atoms with E-state index in [4.69, 9.17) is 4.74 Å². The van der Waals surface area contributed by atoms with Crippen LogP contribution in [0.2, 0.25) is 0 Å². The number of anilines is 1. The molecule has 3 heterocycles. The molecule has 0 radical (unpaired) electrons. The summed E-state index contributed by atoms with van der Waals surface area (Å²) in [4.78, 5) is 34.4. The summed E-state index contributed by atoms with van der Waals surface area (Å²) in [5.74, 6) is -0.517. The van der Waals surface area contributed by atoms with E-state index in [9.17, 15) is 19.7 Å². The third kappa shape index (κ3) is 3.88. The SMILES string of the molecule is Cc1cc([N+](=O)[O-])cn(CC(=O)Nc2nnc(C3CCCO3)s2)c1=O. The fourth-order valence-electron chi connectivity index (χ4n) is 2.48. The Morgan fingerprint density at radius 2 is 2.36 bits per heavy atom. The largest absolute Gasteiger partial charge is 0.371 e. The maximum absolute atomic E-state index is 12.1. The van der Waals surface area contributed by atoms with Gasteiger partial charge in [-0.1, -0.05) is 11.3 Å². The Morgan fingerprint density at radius 3 is 3.04 bits per heavy atom. The molecule has 1 fully saturated rings. The van der Waals surface area contributed by atoms with Crippen LogP contribution in [0, 0.1) is 17.0 Å². The molecule has 1 aliphatic rings. The van der Waals surface area contributed by atoms with E-state index in [2.05, 4.69) is 15.5 Å². The number of amides is 1. The van der Waals surface area contributed by atoms with Gasteiger partial charge in [0.15, 0.2) is 0 Å². The number of nitro groups is 1. The van der Waals surface area contributed by atoms with Gasteiger partial charge in [-0.05, 0) is 19.8 Å². The van der Waals surface area contributed by atoms with Gasteiger partial charge in [0.2, 0.25) is 11.0 Å². The van der Waals surface area contributed by atoms with Gasteiger partial charge in [-0.2, -0.15) is 0 Å². The van der Waals surface area contributed by atoms with Gasteiger partial charge in [-0.25, -0.2) is 0 Å². The van der Waals surface area contributed by atoms with E-state index in [0.717, 1.165) is 23.6 Å². The molecule has 2 aromatic heterocycles. The van der Waals surface area contributed by atoms with Crippen LogP contribution in [0.4, 0.5) is 10.8 Å². The predicted molar refractivity (Wildman–Crippen MR) is 88.6 cm³/mol. The second-order valence-corrected chi connectivity index (χ2v) is 6.58. The normalized spacial score (nSPS) is 16.8. The maximum atomic E-state index is 12.1. The van der Waals surface area contributed by atoms with Crippen molar-refractivity contribution in [3.05, 3.63) is 43.3 Å². The van der Waals surface area contributed by atoms with Crippen LogP contribution in [0.3, 0.4) is 0 Å². The van der Waals surface area contributed by atoms with Crippen LogP contribution in [0.25, 0.3) is 0 Å². The number of carbonyl (C=O) groups is 1. The zero-order valence-electron chi connectivity index (χ0n) is 13.3. The summed E-state index contributed by atoms with van der Waals surface area (Å²) >= 11 is 1.21. The molecule has 0 aromatic carbocycles. The van der Waals surface area contributed by atoms with E-state index in [1.54, 1.807) is 0 Å². The van der Waals surface area contributed by atoms with Crippen molar-refractivity contribution in [2.75, 3.05) is 11.9 Å². The Morgan fingerprint density at radius 1 is 1.56 bits per heavy atom. The predicted octanol–water partition coefficient (Wildman–Crippen LogP) is 1.41.